The van der Waals surface area contributed by atoms with E-state index in [2.05, 4.69) is 0 Å². The van der Waals surface area contributed by atoms with Crippen LogP contribution in [0.5, 0.6) is 0 Å². The first-order valence-electron chi connectivity index (χ1n) is 6.48. The Balaban J connectivity index is 2.52. The summed E-state index contributed by atoms with van der Waals surface area (Å²) in [6, 6.07) is 6.35. The third-order valence-electron chi connectivity index (χ3n) is 3.14. The zero-order valence-corrected chi connectivity index (χ0v) is 12.3. The highest BCUT2D eigenvalue weighted by Crippen LogP contribution is 2.17. The van der Waals surface area contributed by atoms with Gasteiger partial charge >= 0.3 is 0 Å². The van der Waals surface area contributed by atoms with E-state index in [1.807, 2.05) is 13.0 Å². The summed E-state index contributed by atoms with van der Waals surface area (Å²) in [5.41, 5.74) is 6.47. The van der Waals surface area contributed by atoms with Crippen LogP contribution in [0.25, 0.3) is 0 Å². The average Bonchev–Trinajstić information content (AvgIpc) is 2.27. The summed E-state index contributed by atoms with van der Waals surface area (Å²) in [4.78, 5) is 0. The van der Waals surface area contributed by atoms with Crippen molar-refractivity contribution in [2.24, 2.45) is 5.73 Å². The SMILES string of the molecule is CCS(=O)(=O)CCCC(C)(N)Cc1cccc(F)c1. The fourth-order valence-corrected chi connectivity index (χ4v) is 2.91. The van der Waals surface area contributed by atoms with Crippen molar-refractivity contribution in [1.29, 1.82) is 0 Å². The molecule has 0 aliphatic carbocycles. The van der Waals surface area contributed by atoms with Crippen LogP contribution in [0.3, 0.4) is 0 Å². The number of nitrogens with two attached hydrogens (primary N) is 1. The van der Waals surface area contributed by atoms with Gasteiger partial charge in [-0.2, -0.15) is 0 Å². The van der Waals surface area contributed by atoms with Gasteiger partial charge in [-0.25, -0.2) is 12.8 Å². The van der Waals surface area contributed by atoms with Gasteiger partial charge in [0, 0.05) is 11.3 Å². The van der Waals surface area contributed by atoms with E-state index >= 15 is 0 Å². The van der Waals surface area contributed by atoms with Crippen LogP contribution in [0.15, 0.2) is 24.3 Å². The van der Waals surface area contributed by atoms with Crippen LogP contribution in [-0.4, -0.2) is 25.5 Å². The van der Waals surface area contributed by atoms with Gasteiger partial charge < -0.3 is 5.73 Å². The van der Waals surface area contributed by atoms with E-state index in [-0.39, 0.29) is 17.3 Å². The fraction of sp³-hybridized carbons (Fsp3) is 0.571. The van der Waals surface area contributed by atoms with Crippen LogP contribution in [0, 0.1) is 5.82 Å². The molecule has 0 aliphatic heterocycles. The summed E-state index contributed by atoms with van der Waals surface area (Å²) < 4.78 is 35.9. The minimum absolute atomic E-state index is 0.165. The molecule has 3 nitrogen and oxygen atoms in total. The molecule has 108 valence electrons. The Hall–Kier alpha value is -0.940. The number of rotatable bonds is 7. The third-order valence-corrected chi connectivity index (χ3v) is 4.93. The Kier molecular flexibility index (Phi) is 5.50. The van der Waals surface area contributed by atoms with E-state index in [4.69, 9.17) is 5.73 Å². The van der Waals surface area contributed by atoms with Gasteiger partial charge in [-0.1, -0.05) is 19.1 Å². The Morgan fingerprint density at radius 2 is 2.05 bits per heavy atom. The highest BCUT2D eigenvalue weighted by atomic mass is 32.2. The number of benzene rings is 1. The van der Waals surface area contributed by atoms with Crippen LogP contribution in [-0.2, 0) is 16.3 Å². The molecule has 5 heteroatoms. The maximum atomic E-state index is 13.1. The van der Waals surface area contributed by atoms with Crippen molar-refractivity contribution < 1.29 is 12.8 Å². The topological polar surface area (TPSA) is 60.2 Å². The molecule has 0 saturated heterocycles. The molecule has 1 unspecified atom stereocenters. The zero-order chi connectivity index (χ0) is 14.5. The van der Waals surface area contributed by atoms with Crippen LogP contribution in [0.2, 0.25) is 0 Å². The van der Waals surface area contributed by atoms with Crippen molar-refractivity contribution in [2.75, 3.05) is 11.5 Å². The predicted octanol–water partition coefficient (Wildman–Crippen LogP) is 2.30. The number of halogens is 1. The monoisotopic (exact) mass is 287 g/mol. The fourth-order valence-electron chi connectivity index (χ4n) is 2.04. The minimum Gasteiger partial charge on any atom is -0.325 e. The largest absolute Gasteiger partial charge is 0.325 e. The van der Waals surface area contributed by atoms with Crippen molar-refractivity contribution in [3.8, 4) is 0 Å². The first-order valence-corrected chi connectivity index (χ1v) is 8.30. The van der Waals surface area contributed by atoms with Crippen molar-refractivity contribution in [1.82, 2.24) is 0 Å². The van der Waals surface area contributed by atoms with Gasteiger partial charge in [0.05, 0.1) is 5.75 Å². The molecule has 1 rings (SSSR count). The van der Waals surface area contributed by atoms with Crippen molar-refractivity contribution in [2.45, 2.75) is 38.6 Å². The molecule has 1 atom stereocenters. The second kappa shape index (κ2) is 6.48. The molecule has 0 heterocycles. The van der Waals surface area contributed by atoms with Gasteiger partial charge in [0.1, 0.15) is 15.7 Å². The van der Waals surface area contributed by atoms with Crippen LogP contribution in [0.4, 0.5) is 4.39 Å². The lowest BCUT2D eigenvalue weighted by atomic mass is 9.89. The van der Waals surface area contributed by atoms with E-state index < -0.39 is 15.4 Å². The molecule has 19 heavy (non-hydrogen) atoms. The lowest BCUT2D eigenvalue weighted by Crippen LogP contribution is -2.39. The summed E-state index contributed by atoms with van der Waals surface area (Å²) in [6.07, 6.45) is 1.68. The first kappa shape index (κ1) is 16.1. The first-order chi connectivity index (χ1) is 8.74. The van der Waals surface area contributed by atoms with E-state index in [1.165, 1.54) is 12.1 Å². The lowest BCUT2D eigenvalue weighted by Gasteiger charge is -2.24. The molecule has 0 bridgehead atoms. The Morgan fingerprint density at radius 1 is 1.37 bits per heavy atom. The molecule has 0 fully saturated rings. The Morgan fingerprint density at radius 3 is 2.63 bits per heavy atom. The summed E-state index contributed by atoms with van der Waals surface area (Å²) in [6.45, 7) is 3.51. The summed E-state index contributed by atoms with van der Waals surface area (Å²) in [5, 5.41) is 0. The third kappa shape index (κ3) is 6.16. The van der Waals surface area contributed by atoms with E-state index in [9.17, 15) is 12.8 Å². The average molecular weight is 287 g/mol. The number of sulfone groups is 1. The Bertz CT molecular complexity index is 512. The zero-order valence-electron chi connectivity index (χ0n) is 11.5. The van der Waals surface area contributed by atoms with Crippen molar-refractivity contribution in [3.63, 3.8) is 0 Å². The van der Waals surface area contributed by atoms with Gasteiger partial charge in [0.2, 0.25) is 0 Å². The van der Waals surface area contributed by atoms with E-state index in [0.29, 0.717) is 19.3 Å². The molecule has 1 aromatic rings. The van der Waals surface area contributed by atoms with Gasteiger partial charge in [-0.05, 0) is 43.9 Å². The van der Waals surface area contributed by atoms with Crippen LogP contribution in [0.1, 0.15) is 32.3 Å². The lowest BCUT2D eigenvalue weighted by molar-refractivity contribution is 0.423. The second-order valence-electron chi connectivity index (χ2n) is 5.30. The number of hydrogen-bond donors (Lipinski definition) is 1. The molecule has 0 radical (unpaired) electrons. The molecule has 0 spiro atoms. The summed E-state index contributed by atoms with van der Waals surface area (Å²) in [5.74, 6) is 0.0549. The second-order valence-corrected chi connectivity index (χ2v) is 7.77. The number of hydrogen-bond acceptors (Lipinski definition) is 3. The molecule has 2 N–H and O–H groups in total. The molecule has 0 amide bonds. The van der Waals surface area contributed by atoms with Crippen LogP contribution >= 0.6 is 0 Å². The molecular formula is C14H22FNO2S. The molecule has 0 saturated carbocycles. The van der Waals surface area contributed by atoms with Crippen molar-refractivity contribution >= 4 is 9.84 Å². The quantitative estimate of drug-likeness (QED) is 0.837. The predicted molar refractivity (Wildman–Crippen MR) is 76.3 cm³/mol. The smallest absolute Gasteiger partial charge is 0.150 e. The summed E-state index contributed by atoms with van der Waals surface area (Å²) in [7, 11) is -2.94. The molecule has 0 aromatic heterocycles. The molecule has 0 aliphatic rings. The summed E-state index contributed by atoms with van der Waals surface area (Å²) >= 11 is 0. The Labute approximate surface area is 114 Å². The van der Waals surface area contributed by atoms with E-state index in [0.717, 1.165) is 5.56 Å². The highest BCUT2D eigenvalue weighted by molar-refractivity contribution is 7.91. The maximum Gasteiger partial charge on any atom is 0.150 e. The minimum atomic E-state index is -2.94. The normalized spacial score (nSPS) is 15.2. The molecule has 1 aromatic carbocycles. The van der Waals surface area contributed by atoms with Gasteiger partial charge in [0.25, 0.3) is 0 Å². The molecular weight excluding hydrogens is 265 g/mol. The van der Waals surface area contributed by atoms with Gasteiger partial charge in [-0.3, -0.25) is 0 Å². The van der Waals surface area contributed by atoms with Crippen LogP contribution < -0.4 is 5.73 Å². The standard InChI is InChI=1S/C14H22FNO2S/c1-3-19(17,18)9-5-8-14(2,16)11-12-6-4-7-13(15)10-12/h4,6-7,10H,3,5,8-9,11,16H2,1-2H3. The maximum absolute atomic E-state index is 13.1. The van der Waals surface area contributed by atoms with Gasteiger partial charge in [-0.15, -0.1) is 0 Å². The van der Waals surface area contributed by atoms with E-state index in [1.54, 1.807) is 13.0 Å². The highest BCUT2D eigenvalue weighted by Gasteiger charge is 2.20. The van der Waals surface area contributed by atoms with Crippen molar-refractivity contribution in [3.05, 3.63) is 35.6 Å². The van der Waals surface area contributed by atoms with Gasteiger partial charge in [0.15, 0.2) is 0 Å².